The van der Waals surface area contributed by atoms with Crippen LogP contribution in [-0.2, 0) is 6.42 Å². The van der Waals surface area contributed by atoms with Crippen LogP contribution >= 0.6 is 0 Å². The maximum absolute atomic E-state index is 5.10. The number of fused-ring (bicyclic) bond motifs is 6. The average molecular weight is 421 g/mol. The molecule has 3 aromatic carbocycles. The zero-order chi connectivity index (χ0) is 22.0. The zero-order valence-corrected chi connectivity index (χ0v) is 19.1. The summed E-state index contributed by atoms with van der Waals surface area (Å²) in [5.41, 5.74) is 8.44. The van der Waals surface area contributed by atoms with E-state index in [2.05, 4.69) is 92.1 Å². The van der Waals surface area contributed by atoms with Crippen LogP contribution in [0.4, 0.5) is 23.0 Å². The topological polar surface area (TPSA) is 32.3 Å². The van der Waals surface area contributed by atoms with Crippen molar-refractivity contribution in [3.63, 3.8) is 0 Å². The lowest BCUT2D eigenvalue weighted by atomic mass is 9.99. The highest BCUT2D eigenvalue weighted by Crippen LogP contribution is 2.51. The predicted molar refractivity (Wildman–Crippen MR) is 132 cm³/mol. The molecule has 4 nitrogen and oxygen atoms in total. The maximum Gasteiger partial charge on any atom is 0.179 e. The molecule has 3 heterocycles. The first kappa shape index (κ1) is 19.3. The van der Waals surface area contributed by atoms with Gasteiger partial charge in [-0.2, -0.15) is 0 Å². The van der Waals surface area contributed by atoms with Crippen molar-refractivity contribution in [1.29, 1.82) is 0 Å². The van der Waals surface area contributed by atoms with Crippen LogP contribution in [0.5, 0.6) is 0 Å². The van der Waals surface area contributed by atoms with E-state index in [0.717, 1.165) is 29.1 Å². The Bertz CT molecular complexity index is 1290. The van der Waals surface area contributed by atoms with Crippen molar-refractivity contribution in [2.45, 2.75) is 52.1 Å². The molecule has 1 unspecified atom stereocenters. The molecule has 0 bridgehead atoms. The molecule has 0 amide bonds. The first-order valence-corrected chi connectivity index (χ1v) is 11.6. The molecule has 0 radical (unpaired) electrons. The van der Waals surface area contributed by atoms with Crippen molar-refractivity contribution >= 4 is 34.0 Å². The smallest absolute Gasteiger partial charge is 0.179 e. The fourth-order valence-electron chi connectivity index (χ4n) is 5.03. The molecule has 2 aliphatic rings. The van der Waals surface area contributed by atoms with Crippen molar-refractivity contribution in [2.24, 2.45) is 0 Å². The van der Waals surface area contributed by atoms with Crippen LogP contribution in [-0.4, -0.2) is 16.1 Å². The Morgan fingerprint density at radius 3 is 1.94 bits per heavy atom. The van der Waals surface area contributed by atoms with Gasteiger partial charge in [-0.15, -0.1) is 0 Å². The molecule has 0 aliphatic carbocycles. The average Bonchev–Trinajstić information content (AvgIpc) is 3.31. The summed E-state index contributed by atoms with van der Waals surface area (Å²) >= 11 is 0. The van der Waals surface area contributed by atoms with Gasteiger partial charge in [0.2, 0.25) is 0 Å². The monoisotopic (exact) mass is 420 g/mol. The van der Waals surface area contributed by atoms with Gasteiger partial charge in [0.25, 0.3) is 0 Å². The lowest BCUT2D eigenvalue weighted by Gasteiger charge is -2.27. The predicted octanol–water partition coefficient (Wildman–Crippen LogP) is 7.05. The first-order chi connectivity index (χ1) is 15.5. The molecular formula is C28H28N4. The molecule has 4 aromatic rings. The molecule has 0 spiro atoms. The molecule has 0 saturated heterocycles. The molecule has 6 rings (SSSR count). The van der Waals surface area contributed by atoms with Gasteiger partial charge < -0.3 is 9.80 Å². The minimum absolute atomic E-state index is 0.157. The highest BCUT2D eigenvalue weighted by Gasteiger charge is 2.45. The summed E-state index contributed by atoms with van der Waals surface area (Å²) in [6.07, 6.45) is 1.11. The maximum atomic E-state index is 5.10. The quantitative estimate of drug-likeness (QED) is 0.355. The Hall–Kier alpha value is -3.40. The third-order valence-corrected chi connectivity index (χ3v) is 6.86. The normalized spacial score (nSPS) is 16.8. The molecule has 1 atom stereocenters. The summed E-state index contributed by atoms with van der Waals surface area (Å²) in [6.45, 7) is 8.99. The molecule has 2 aliphatic heterocycles. The number of para-hydroxylation sites is 2. The van der Waals surface area contributed by atoms with E-state index in [-0.39, 0.29) is 6.17 Å². The third-order valence-electron chi connectivity index (χ3n) is 6.86. The van der Waals surface area contributed by atoms with Gasteiger partial charge in [0.05, 0.1) is 11.0 Å². The van der Waals surface area contributed by atoms with Gasteiger partial charge >= 0.3 is 0 Å². The van der Waals surface area contributed by atoms with Crippen molar-refractivity contribution in [1.82, 2.24) is 9.97 Å². The highest BCUT2D eigenvalue weighted by atomic mass is 15.5. The standard InChI is InChI=1S/C28H28N4/c1-17(2)19-9-12-22(13-10-19)31-26-16-21-15-20(18(3)4)11-14-25(21)32(26)28-27(31)29-23-7-5-6-8-24(23)30-28/h5-15,17-18,26H,16H2,1-4H3. The van der Waals surface area contributed by atoms with Crippen LogP contribution in [0.2, 0.25) is 0 Å². The number of hydrogen-bond donors (Lipinski definition) is 0. The van der Waals surface area contributed by atoms with Gasteiger partial charge in [-0.3, -0.25) is 0 Å². The van der Waals surface area contributed by atoms with E-state index >= 15 is 0 Å². The largest absolute Gasteiger partial charge is 0.301 e. The Morgan fingerprint density at radius 2 is 1.31 bits per heavy atom. The van der Waals surface area contributed by atoms with Crippen LogP contribution in [0.3, 0.4) is 0 Å². The van der Waals surface area contributed by atoms with Gasteiger partial charge in [-0.1, -0.05) is 64.1 Å². The summed E-state index contributed by atoms with van der Waals surface area (Å²) in [5, 5.41) is 0. The number of hydrogen-bond acceptors (Lipinski definition) is 4. The van der Waals surface area contributed by atoms with Crippen LogP contribution < -0.4 is 9.80 Å². The van der Waals surface area contributed by atoms with Crippen molar-refractivity contribution in [3.05, 3.63) is 83.4 Å². The summed E-state index contributed by atoms with van der Waals surface area (Å²) in [4.78, 5) is 15.0. The lowest BCUT2D eigenvalue weighted by Crippen LogP contribution is -2.36. The number of nitrogens with zero attached hydrogens (tertiary/aromatic N) is 4. The van der Waals surface area contributed by atoms with Gasteiger partial charge in [0.15, 0.2) is 11.6 Å². The Kier molecular flexibility index (Phi) is 4.26. The highest BCUT2D eigenvalue weighted by molar-refractivity contribution is 5.91. The van der Waals surface area contributed by atoms with E-state index < -0.39 is 0 Å². The van der Waals surface area contributed by atoms with Crippen molar-refractivity contribution < 1.29 is 0 Å². The van der Waals surface area contributed by atoms with E-state index in [1.54, 1.807) is 0 Å². The third kappa shape index (κ3) is 2.82. The molecule has 1 aromatic heterocycles. The van der Waals surface area contributed by atoms with E-state index in [0.29, 0.717) is 11.8 Å². The molecule has 0 N–H and O–H groups in total. The number of aromatic nitrogens is 2. The van der Waals surface area contributed by atoms with E-state index in [9.17, 15) is 0 Å². The van der Waals surface area contributed by atoms with E-state index in [1.807, 2.05) is 12.1 Å². The van der Waals surface area contributed by atoms with Crippen LogP contribution in [0, 0.1) is 0 Å². The van der Waals surface area contributed by atoms with Gasteiger partial charge in [0.1, 0.15) is 6.17 Å². The van der Waals surface area contributed by atoms with Crippen LogP contribution in [0.1, 0.15) is 56.2 Å². The number of benzene rings is 3. The van der Waals surface area contributed by atoms with Gasteiger partial charge in [0, 0.05) is 17.8 Å². The molecule has 4 heteroatoms. The zero-order valence-electron chi connectivity index (χ0n) is 19.1. The van der Waals surface area contributed by atoms with Crippen molar-refractivity contribution in [3.8, 4) is 0 Å². The van der Waals surface area contributed by atoms with Crippen LogP contribution in [0.15, 0.2) is 66.7 Å². The lowest BCUT2D eigenvalue weighted by molar-refractivity contribution is 0.722. The molecule has 160 valence electrons. The number of rotatable bonds is 3. The van der Waals surface area contributed by atoms with E-state index in [1.165, 1.54) is 28.1 Å². The number of anilines is 4. The van der Waals surface area contributed by atoms with Crippen molar-refractivity contribution in [2.75, 3.05) is 9.80 Å². The Balaban J connectivity index is 1.54. The summed E-state index contributed by atoms with van der Waals surface area (Å²) in [7, 11) is 0. The molecule has 0 fully saturated rings. The summed E-state index contributed by atoms with van der Waals surface area (Å²) in [5.74, 6) is 2.94. The second kappa shape index (κ2) is 7.06. The summed E-state index contributed by atoms with van der Waals surface area (Å²) < 4.78 is 0. The Morgan fingerprint density at radius 1 is 0.719 bits per heavy atom. The van der Waals surface area contributed by atoms with Gasteiger partial charge in [-0.05, 0) is 58.9 Å². The van der Waals surface area contributed by atoms with E-state index in [4.69, 9.17) is 9.97 Å². The second-order valence-electron chi connectivity index (χ2n) is 9.57. The fraction of sp³-hybridized carbons (Fsp3) is 0.286. The fourth-order valence-corrected chi connectivity index (χ4v) is 5.03. The molecule has 0 saturated carbocycles. The summed E-state index contributed by atoms with van der Waals surface area (Å²) in [6, 6.07) is 24.1. The Labute approximate surface area is 189 Å². The van der Waals surface area contributed by atoms with Crippen LogP contribution in [0.25, 0.3) is 11.0 Å². The molecular weight excluding hydrogens is 392 g/mol. The van der Waals surface area contributed by atoms with Gasteiger partial charge in [-0.25, -0.2) is 9.97 Å². The first-order valence-electron chi connectivity index (χ1n) is 11.6. The SMILES string of the molecule is CC(C)c1ccc(N2c3nc4ccccc4nc3N3c4ccc(C(C)C)cc4CC23)cc1. The molecule has 32 heavy (non-hydrogen) atoms. The second-order valence-corrected chi connectivity index (χ2v) is 9.57. The minimum Gasteiger partial charge on any atom is -0.301 e. The minimum atomic E-state index is 0.157.